The number of nitrogens with two attached hydrogens (primary N) is 1. The normalized spacial score (nSPS) is 16.8. The van der Waals surface area contributed by atoms with Crippen LogP contribution in [-0.4, -0.2) is 26.1 Å². The standard InChI is InChI=1S/C14H20N2O2/c1-3-10(9-15)11-4-5-13-12(8-11)16(2)14(17)6-7-18-13/h4-5,8,10H,3,6-7,9,15H2,1-2H3. The van der Waals surface area contributed by atoms with E-state index < -0.39 is 0 Å². The van der Waals surface area contributed by atoms with Crippen LogP contribution in [0.15, 0.2) is 18.2 Å². The van der Waals surface area contributed by atoms with Crippen molar-refractivity contribution in [2.75, 3.05) is 25.1 Å². The van der Waals surface area contributed by atoms with E-state index in [4.69, 9.17) is 10.5 Å². The highest BCUT2D eigenvalue weighted by Gasteiger charge is 2.21. The second-order valence-corrected chi connectivity index (χ2v) is 4.62. The zero-order valence-electron chi connectivity index (χ0n) is 11.0. The number of hydrogen-bond acceptors (Lipinski definition) is 3. The molecule has 98 valence electrons. The van der Waals surface area contributed by atoms with Crippen molar-refractivity contribution in [3.05, 3.63) is 23.8 Å². The Morgan fingerprint density at radius 3 is 2.94 bits per heavy atom. The van der Waals surface area contributed by atoms with Crippen LogP contribution in [0.25, 0.3) is 0 Å². The van der Waals surface area contributed by atoms with Crippen LogP contribution in [0.4, 0.5) is 5.69 Å². The minimum atomic E-state index is 0.0895. The summed E-state index contributed by atoms with van der Waals surface area (Å²) in [6, 6.07) is 6.02. The average Bonchev–Trinajstić information content (AvgIpc) is 2.52. The van der Waals surface area contributed by atoms with E-state index in [0.29, 0.717) is 25.5 Å². The van der Waals surface area contributed by atoms with Gasteiger partial charge >= 0.3 is 0 Å². The first kappa shape index (κ1) is 12.9. The van der Waals surface area contributed by atoms with Crippen molar-refractivity contribution >= 4 is 11.6 Å². The van der Waals surface area contributed by atoms with Crippen molar-refractivity contribution in [1.82, 2.24) is 0 Å². The first-order valence-electron chi connectivity index (χ1n) is 6.40. The van der Waals surface area contributed by atoms with Gasteiger partial charge in [-0.25, -0.2) is 0 Å². The number of ether oxygens (including phenoxy) is 1. The molecule has 1 aliphatic heterocycles. The summed E-state index contributed by atoms with van der Waals surface area (Å²) < 4.78 is 5.60. The number of fused-ring (bicyclic) bond motifs is 1. The molecule has 0 radical (unpaired) electrons. The lowest BCUT2D eigenvalue weighted by molar-refractivity contribution is -0.118. The largest absolute Gasteiger partial charge is 0.491 e. The number of anilines is 1. The first-order chi connectivity index (χ1) is 8.67. The fourth-order valence-electron chi connectivity index (χ4n) is 2.26. The summed E-state index contributed by atoms with van der Waals surface area (Å²) in [6.45, 7) is 3.19. The van der Waals surface area contributed by atoms with Crippen molar-refractivity contribution < 1.29 is 9.53 Å². The minimum Gasteiger partial charge on any atom is -0.491 e. The molecule has 1 unspecified atom stereocenters. The van der Waals surface area contributed by atoms with E-state index >= 15 is 0 Å². The van der Waals surface area contributed by atoms with Crippen molar-refractivity contribution in [1.29, 1.82) is 0 Å². The Labute approximate surface area is 108 Å². The molecule has 1 atom stereocenters. The summed E-state index contributed by atoms with van der Waals surface area (Å²) in [7, 11) is 1.79. The van der Waals surface area contributed by atoms with Gasteiger partial charge in [0.2, 0.25) is 5.91 Å². The second-order valence-electron chi connectivity index (χ2n) is 4.62. The van der Waals surface area contributed by atoms with Gasteiger partial charge in [0.25, 0.3) is 0 Å². The third-order valence-corrected chi connectivity index (χ3v) is 3.54. The molecule has 0 saturated carbocycles. The molecule has 0 spiro atoms. The van der Waals surface area contributed by atoms with Crippen molar-refractivity contribution in [2.45, 2.75) is 25.7 Å². The van der Waals surface area contributed by atoms with Crippen molar-refractivity contribution in [3.63, 3.8) is 0 Å². The molecule has 1 amide bonds. The number of hydrogen-bond donors (Lipinski definition) is 1. The highest BCUT2D eigenvalue weighted by molar-refractivity contribution is 5.95. The molecular weight excluding hydrogens is 228 g/mol. The van der Waals surface area contributed by atoms with Crippen molar-refractivity contribution in [2.24, 2.45) is 5.73 Å². The lowest BCUT2D eigenvalue weighted by Gasteiger charge is -2.20. The molecule has 1 aliphatic rings. The predicted octanol–water partition coefficient (Wildman–Crippen LogP) is 1.88. The molecule has 0 aliphatic carbocycles. The molecule has 0 fully saturated rings. The maximum Gasteiger partial charge on any atom is 0.230 e. The first-order valence-corrected chi connectivity index (χ1v) is 6.40. The molecule has 2 N–H and O–H groups in total. The smallest absolute Gasteiger partial charge is 0.230 e. The van der Waals surface area contributed by atoms with E-state index in [1.54, 1.807) is 11.9 Å². The highest BCUT2D eigenvalue weighted by atomic mass is 16.5. The molecule has 2 rings (SSSR count). The van der Waals surface area contributed by atoms with Crippen LogP contribution in [0.5, 0.6) is 5.75 Å². The summed E-state index contributed by atoms with van der Waals surface area (Å²) >= 11 is 0. The van der Waals surface area contributed by atoms with Crippen LogP contribution in [0, 0.1) is 0 Å². The van der Waals surface area contributed by atoms with Gasteiger partial charge in [0.05, 0.1) is 18.7 Å². The number of carbonyl (C=O) groups is 1. The van der Waals surface area contributed by atoms with E-state index in [9.17, 15) is 4.79 Å². The maximum atomic E-state index is 11.8. The van der Waals surface area contributed by atoms with Crippen molar-refractivity contribution in [3.8, 4) is 5.75 Å². The summed E-state index contributed by atoms with van der Waals surface area (Å²) in [6.07, 6.45) is 1.42. The molecule has 4 heteroatoms. The molecule has 1 aromatic carbocycles. The van der Waals surface area contributed by atoms with Gasteiger partial charge in [-0.05, 0) is 36.6 Å². The molecule has 18 heavy (non-hydrogen) atoms. The van der Waals surface area contributed by atoms with Gasteiger partial charge in [-0.1, -0.05) is 13.0 Å². The quantitative estimate of drug-likeness (QED) is 0.888. The zero-order valence-corrected chi connectivity index (χ0v) is 11.0. The van der Waals surface area contributed by atoms with Gasteiger partial charge in [0, 0.05) is 7.05 Å². The van der Waals surface area contributed by atoms with Gasteiger partial charge in [-0.3, -0.25) is 4.79 Å². The molecular formula is C14H20N2O2. The van der Waals surface area contributed by atoms with E-state index in [1.807, 2.05) is 18.2 Å². The fraction of sp³-hybridized carbons (Fsp3) is 0.500. The van der Waals surface area contributed by atoms with Gasteiger partial charge < -0.3 is 15.4 Å². The van der Waals surface area contributed by atoms with E-state index in [2.05, 4.69) is 6.92 Å². The number of rotatable bonds is 3. The Hall–Kier alpha value is -1.55. The monoisotopic (exact) mass is 248 g/mol. The van der Waals surface area contributed by atoms with E-state index in [0.717, 1.165) is 17.9 Å². The van der Waals surface area contributed by atoms with Crippen LogP contribution < -0.4 is 15.4 Å². The summed E-state index contributed by atoms with van der Waals surface area (Å²) in [5.41, 5.74) is 7.79. The summed E-state index contributed by atoms with van der Waals surface area (Å²) in [4.78, 5) is 13.5. The third kappa shape index (κ3) is 2.34. The fourth-order valence-corrected chi connectivity index (χ4v) is 2.26. The number of benzene rings is 1. The van der Waals surface area contributed by atoms with Gasteiger partial charge in [0.15, 0.2) is 0 Å². The van der Waals surface area contributed by atoms with Crippen LogP contribution in [0.3, 0.4) is 0 Å². The Morgan fingerprint density at radius 1 is 1.50 bits per heavy atom. The average molecular weight is 248 g/mol. The minimum absolute atomic E-state index is 0.0895. The molecule has 0 aromatic heterocycles. The molecule has 0 bridgehead atoms. The molecule has 1 heterocycles. The van der Waals surface area contributed by atoms with Gasteiger partial charge in [0.1, 0.15) is 5.75 Å². The number of amides is 1. The predicted molar refractivity (Wildman–Crippen MR) is 72.1 cm³/mol. The second kappa shape index (κ2) is 5.40. The molecule has 4 nitrogen and oxygen atoms in total. The SMILES string of the molecule is CCC(CN)c1ccc2c(c1)N(C)C(=O)CCO2. The van der Waals surface area contributed by atoms with E-state index in [1.165, 1.54) is 5.56 Å². The van der Waals surface area contributed by atoms with Gasteiger partial charge in [-0.2, -0.15) is 0 Å². The summed E-state index contributed by atoms with van der Waals surface area (Å²) in [5.74, 6) is 1.20. The van der Waals surface area contributed by atoms with Crippen LogP contribution >= 0.6 is 0 Å². The van der Waals surface area contributed by atoms with Crippen LogP contribution in [0.1, 0.15) is 31.2 Å². The van der Waals surface area contributed by atoms with E-state index in [-0.39, 0.29) is 5.91 Å². The Morgan fingerprint density at radius 2 is 2.28 bits per heavy atom. The highest BCUT2D eigenvalue weighted by Crippen LogP contribution is 2.34. The van der Waals surface area contributed by atoms with Crippen LogP contribution in [0.2, 0.25) is 0 Å². The zero-order chi connectivity index (χ0) is 13.1. The summed E-state index contributed by atoms with van der Waals surface area (Å²) in [5, 5.41) is 0. The molecule has 0 saturated heterocycles. The van der Waals surface area contributed by atoms with Gasteiger partial charge in [-0.15, -0.1) is 0 Å². The Kier molecular flexibility index (Phi) is 3.87. The number of carbonyl (C=O) groups excluding carboxylic acids is 1. The molecule has 1 aromatic rings. The Balaban J connectivity index is 2.40. The van der Waals surface area contributed by atoms with Crippen LogP contribution in [-0.2, 0) is 4.79 Å². The topological polar surface area (TPSA) is 55.6 Å². The number of nitrogens with zero attached hydrogens (tertiary/aromatic N) is 1. The lowest BCUT2D eigenvalue weighted by Crippen LogP contribution is -2.25. The maximum absolute atomic E-state index is 11.8. The lowest BCUT2D eigenvalue weighted by atomic mass is 9.96. The Bertz CT molecular complexity index is 441. The third-order valence-electron chi connectivity index (χ3n) is 3.54.